The first-order chi connectivity index (χ1) is 9.65. The van der Waals surface area contributed by atoms with E-state index in [1.54, 1.807) is 11.3 Å². The van der Waals surface area contributed by atoms with Gasteiger partial charge in [-0.05, 0) is 24.5 Å². The van der Waals surface area contributed by atoms with E-state index in [2.05, 4.69) is 31.9 Å². The lowest BCUT2D eigenvalue weighted by Crippen LogP contribution is -2.16. The van der Waals surface area contributed by atoms with E-state index in [9.17, 15) is 4.79 Å². The van der Waals surface area contributed by atoms with Crippen LogP contribution in [0.3, 0.4) is 0 Å². The summed E-state index contributed by atoms with van der Waals surface area (Å²) in [5, 5.41) is 0.931. The number of hydrogen-bond acceptors (Lipinski definition) is 4. The van der Waals surface area contributed by atoms with Crippen molar-refractivity contribution in [2.45, 2.75) is 25.8 Å². The summed E-state index contributed by atoms with van der Waals surface area (Å²) in [5.74, 6) is 0.197. The van der Waals surface area contributed by atoms with Crippen molar-refractivity contribution >= 4 is 38.2 Å². The molecule has 0 saturated carbocycles. The second-order valence-electron chi connectivity index (χ2n) is 4.99. The van der Waals surface area contributed by atoms with Crippen LogP contribution in [0.25, 0.3) is 0 Å². The maximum atomic E-state index is 11.9. The van der Waals surface area contributed by atoms with Gasteiger partial charge >= 0.3 is 0 Å². The van der Waals surface area contributed by atoms with Crippen molar-refractivity contribution in [3.05, 3.63) is 44.9 Å². The van der Waals surface area contributed by atoms with Crippen molar-refractivity contribution in [3.63, 3.8) is 0 Å². The largest absolute Gasteiger partial charge is 0.347 e. The van der Waals surface area contributed by atoms with E-state index in [0.29, 0.717) is 12.1 Å². The Kier molecular flexibility index (Phi) is 3.89. The van der Waals surface area contributed by atoms with E-state index in [4.69, 9.17) is 0 Å². The van der Waals surface area contributed by atoms with Gasteiger partial charge in [0.2, 0.25) is 0 Å². The molecular weight excluding hydrogens is 336 g/mol. The summed E-state index contributed by atoms with van der Waals surface area (Å²) in [7, 11) is 2.02. The Morgan fingerprint density at radius 3 is 2.90 bits per heavy atom. The molecule has 3 rings (SSSR count). The number of carbonyl (C=O) groups excluding carboxylic acids is 1. The number of halogens is 1. The van der Waals surface area contributed by atoms with E-state index in [1.165, 1.54) is 5.56 Å². The zero-order valence-electron chi connectivity index (χ0n) is 11.2. The first kappa shape index (κ1) is 13.8. The minimum Gasteiger partial charge on any atom is -0.347 e. The second kappa shape index (κ2) is 5.66. The van der Waals surface area contributed by atoms with Crippen molar-refractivity contribution in [1.82, 2.24) is 4.98 Å². The molecule has 1 aliphatic carbocycles. The van der Waals surface area contributed by atoms with Crippen LogP contribution in [0.15, 0.2) is 28.7 Å². The quantitative estimate of drug-likeness (QED) is 0.836. The lowest BCUT2D eigenvalue weighted by Gasteiger charge is -2.16. The summed E-state index contributed by atoms with van der Waals surface area (Å²) in [5.41, 5.74) is 1.92. The van der Waals surface area contributed by atoms with Gasteiger partial charge in [0.25, 0.3) is 0 Å². The molecule has 0 amide bonds. The van der Waals surface area contributed by atoms with Crippen LogP contribution in [0, 0.1) is 0 Å². The Labute approximate surface area is 130 Å². The van der Waals surface area contributed by atoms with Crippen LogP contribution in [0.4, 0.5) is 5.13 Å². The van der Waals surface area contributed by atoms with Crippen LogP contribution < -0.4 is 4.90 Å². The molecule has 0 atom stereocenters. The van der Waals surface area contributed by atoms with Gasteiger partial charge < -0.3 is 4.90 Å². The number of fused-ring (bicyclic) bond motifs is 1. The number of nitrogens with zero attached hydrogens (tertiary/aromatic N) is 2. The summed E-state index contributed by atoms with van der Waals surface area (Å²) in [6.45, 7) is 0.780. The molecule has 0 radical (unpaired) electrons. The Bertz CT molecular complexity index is 653. The van der Waals surface area contributed by atoms with Gasteiger partial charge in [0.15, 0.2) is 10.9 Å². The highest BCUT2D eigenvalue weighted by Crippen LogP contribution is 2.32. The molecule has 104 valence electrons. The molecule has 0 bridgehead atoms. The van der Waals surface area contributed by atoms with Gasteiger partial charge in [0.1, 0.15) is 5.69 Å². The lowest BCUT2D eigenvalue weighted by atomic mass is 10.0. The molecule has 0 aliphatic heterocycles. The van der Waals surface area contributed by atoms with Crippen molar-refractivity contribution in [2.75, 3.05) is 11.9 Å². The number of aromatic nitrogens is 1. The summed E-state index contributed by atoms with van der Waals surface area (Å²) >= 11 is 5.22. The first-order valence-electron chi connectivity index (χ1n) is 6.62. The zero-order chi connectivity index (χ0) is 14.1. The van der Waals surface area contributed by atoms with Crippen molar-refractivity contribution < 1.29 is 4.79 Å². The number of hydrogen-bond donors (Lipinski definition) is 0. The molecule has 5 heteroatoms. The zero-order valence-corrected chi connectivity index (χ0v) is 13.6. The summed E-state index contributed by atoms with van der Waals surface area (Å²) < 4.78 is 1.10. The van der Waals surface area contributed by atoms with Crippen LogP contribution in [0.1, 0.15) is 33.8 Å². The van der Waals surface area contributed by atoms with Crippen LogP contribution in [-0.2, 0) is 13.0 Å². The van der Waals surface area contributed by atoms with E-state index >= 15 is 0 Å². The minimum atomic E-state index is 0.197. The smallest absolute Gasteiger partial charge is 0.186 e. The lowest BCUT2D eigenvalue weighted by molar-refractivity contribution is 0.0968. The van der Waals surface area contributed by atoms with Crippen LogP contribution >= 0.6 is 27.3 Å². The SMILES string of the molecule is CN(Cc1ccccc1Br)c1nc2c(s1)CCCC2=O. The highest BCUT2D eigenvalue weighted by Gasteiger charge is 2.23. The molecule has 0 saturated heterocycles. The number of anilines is 1. The Hall–Kier alpha value is -1.20. The molecule has 0 spiro atoms. The van der Waals surface area contributed by atoms with Gasteiger partial charge in [-0.15, -0.1) is 11.3 Å². The third kappa shape index (κ3) is 2.65. The fraction of sp³-hybridized carbons (Fsp3) is 0.333. The molecule has 1 aliphatic rings. The third-order valence-corrected chi connectivity index (χ3v) is 5.45. The van der Waals surface area contributed by atoms with E-state index in [-0.39, 0.29) is 5.78 Å². The molecule has 1 aromatic heterocycles. The van der Waals surface area contributed by atoms with Crippen molar-refractivity contribution in [2.24, 2.45) is 0 Å². The molecule has 20 heavy (non-hydrogen) atoms. The number of thiazole rings is 1. The van der Waals surface area contributed by atoms with Crippen LogP contribution in [-0.4, -0.2) is 17.8 Å². The van der Waals surface area contributed by atoms with Gasteiger partial charge in [-0.1, -0.05) is 34.1 Å². The van der Waals surface area contributed by atoms with E-state index in [1.807, 2.05) is 25.2 Å². The maximum Gasteiger partial charge on any atom is 0.186 e. The topological polar surface area (TPSA) is 33.2 Å². The average Bonchev–Trinajstić information content (AvgIpc) is 2.87. The monoisotopic (exact) mass is 350 g/mol. The van der Waals surface area contributed by atoms with E-state index in [0.717, 1.165) is 33.9 Å². The molecule has 1 heterocycles. The van der Waals surface area contributed by atoms with E-state index < -0.39 is 0 Å². The molecule has 0 fully saturated rings. The van der Waals surface area contributed by atoms with Crippen molar-refractivity contribution in [1.29, 1.82) is 0 Å². The highest BCUT2D eigenvalue weighted by atomic mass is 79.9. The molecular formula is C15H15BrN2OS. The molecule has 0 N–H and O–H groups in total. The summed E-state index contributed by atoms with van der Waals surface area (Å²) in [6.07, 6.45) is 2.59. The van der Waals surface area contributed by atoms with Gasteiger partial charge in [0, 0.05) is 29.4 Å². The number of aryl methyl sites for hydroxylation is 1. The number of rotatable bonds is 3. The Morgan fingerprint density at radius 1 is 1.35 bits per heavy atom. The average molecular weight is 351 g/mol. The molecule has 0 unspecified atom stereocenters. The predicted molar refractivity (Wildman–Crippen MR) is 85.6 cm³/mol. The minimum absolute atomic E-state index is 0.197. The van der Waals surface area contributed by atoms with Gasteiger partial charge in [-0.25, -0.2) is 4.98 Å². The highest BCUT2D eigenvalue weighted by molar-refractivity contribution is 9.10. The first-order valence-corrected chi connectivity index (χ1v) is 8.23. The molecule has 1 aromatic carbocycles. The fourth-order valence-electron chi connectivity index (χ4n) is 2.37. The van der Waals surface area contributed by atoms with Crippen LogP contribution in [0.5, 0.6) is 0 Å². The van der Waals surface area contributed by atoms with Crippen molar-refractivity contribution in [3.8, 4) is 0 Å². The van der Waals surface area contributed by atoms with Gasteiger partial charge in [-0.2, -0.15) is 0 Å². The molecule has 2 aromatic rings. The predicted octanol–water partition coefficient (Wildman–Crippen LogP) is 4.06. The Balaban J connectivity index is 1.83. The third-order valence-electron chi connectivity index (χ3n) is 3.45. The number of carbonyl (C=O) groups is 1. The standard InChI is InChI=1S/C15H15BrN2OS/c1-18(9-10-5-2-3-6-11(10)16)15-17-14-12(19)7-4-8-13(14)20-15/h2-3,5-6H,4,7-9H2,1H3. The number of ketones is 1. The normalized spacial score (nSPS) is 14.2. The Morgan fingerprint density at radius 2 is 2.15 bits per heavy atom. The molecule has 3 nitrogen and oxygen atoms in total. The summed E-state index contributed by atoms with van der Waals surface area (Å²) in [6, 6.07) is 8.18. The van der Waals surface area contributed by atoms with Gasteiger partial charge in [-0.3, -0.25) is 4.79 Å². The van der Waals surface area contributed by atoms with Gasteiger partial charge in [0.05, 0.1) is 0 Å². The number of Topliss-reactive ketones (excluding diaryl/α,β-unsaturated/α-hetero) is 1. The van der Waals surface area contributed by atoms with Crippen LogP contribution in [0.2, 0.25) is 0 Å². The second-order valence-corrected chi connectivity index (χ2v) is 6.91. The fourth-order valence-corrected chi connectivity index (χ4v) is 3.86. The number of benzene rings is 1. The summed E-state index contributed by atoms with van der Waals surface area (Å²) in [4.78, 5) is 19.6. The maximum absolute atomic E-state index is 11.9.